The molecule has 0 heterocycles. The van der Waals surface area contributed by atoms with Crippen molar-refractivity contribution in [3.63, 3.8) is 0 Å². The molecular formula is C15H15NO2. The lowest BCUT2D eigenvalue weighted by Crippen LogP contribution is -2.23. The van der Waals surface area contributed by atoms with Gasteiger partial charge in [0, 0.05) is 6.52 Å². The lowest BCUT2D eigenvalue weighted by molar-refractivity contribution is 0.139. The minimum absolute atomic E-state index is 0.203. The molecule has 0 aliphatic rings. The maximum absolute atomic E-state index is 11.5. The minimum atomic E-state index is -0.815. The SMILES string of the molecule is [2H][C@@H](NC(=O)OCc1ccccc1)c1ccccc1. The highest BCUT2D eigenvalue weighted by Crippen LogP contribution is 2.01. The standard InChI is InChI=1S/C15H15NO2/c17-15(16-11-13-7-3-1-4-8-13)18-12-14-9-5-2-6-10-14/h1-10H,11-12H2,(H,16,17)/i11D/t11-/m1/s1. The van der Waals surface area contributed by atoms with Gasteiger partial charge in [0.1, 0.15) is 6.61 Å². The van der Waals surface area contributed by atoms with E-state index in [-0.39, 0.29) is 6.61 Å². The van der Waals surface area contributed by atoms with E-state index in [1.165, 1.54) is 0 Å². The summed E-state index contributed by atoms with van der Waals surface area (Å²) in [6.07, 6.45) is -0.590. The van der Waals surface area contributed by atoms with Crippen molar-refractivity contribution in [3.8, 4) is 0 Å². The molecule has 0 bridgehead atoms. The van der Waals surface area contributed by atoms with E-state index < -0.39 is 12.6 Å². The topological polar surface area (TPSA) is 38.3 Å². The quantitative estimate of drug-likeness (QED) is 0.894. The summed E-state index contributed by atoms with van der Waals surface area (Å²) >= 11 is 0. The largest absolute Gasteiger partial charge is 0.445 e. The van der Waals surface area contributed by atoms with Crippen LogP contribution in [0.25, 0.3) is 0 Å². The van der Waals surface area contributed by atoms with Crippen LogP contribution in [0, 0.1) is 0 Å². The molecule has 2 aromatic carbocycles. The molecule has 0 unspecified atom stereocenters. The summed E-state index contributed by atoms with van der Waals surface area (Å²) in [7, 11) is 0. The molecule has 2 rings (SSSR count). The highest BCUT2D eigenvalue weighted by Gasteiger charge is 2.01. The van der Waals surface area contributed by atoms with Crippen molar-refractivity contribution < 1.29 is 10.9 Å². The van der Waals surface area contributed by atoms with Crippen LogP contribution in [-0.4, -0.2) is 6.09 Å². The molecule has 0 fully saturated rings. The first kappa shape index (κ1) is 10.8. The van der Waals surface area contributed by atoms with E-state index in [0.717, 1.165) is 11.1 Å². The molecular weight excluding hydrogens is 226 g/mol. The van der Waals surface area contributed by atoms with Gasteiger partial charge in [0.25, 0.3) is 0 Å². The van der Waals surface area contributed by atoms with Gasteiger partial charge < -0.3 is 10.1 Å². The van der Waals surface area contributed by atoms with Crippen molar-refractivity contribution in [2.24, 2.45) is 0 Å². The van der Waals surface area contributed by atoms with Gasteiger partial charge in [-0.05, 0) is 11.1 Å². The molecule has 3 nitrogen and oxygen atoms in total. The predicted octanol–water partition coefficient (Wildman–Crippen LogP) is 3.11. The van der Waals surface area contributed by atoms with Gasteiger partial charge in [-0.25, -0.2) is 4.79 Å². The summed E-state index contributed by atoms with van der Waals surface area (Å²) < 4.78 is 12.9. The molecule has 0 radical (unpaired) electrons. The van der Waals surface area contributed by atoms with Crippen molar-refractivity contribution in [2.75, 3.05) is 0 Å². The number of rotatable bonds is 4. The van der Waals surface area contributed by atoms with Crippen LogP contribution in [0.2, 0.25) is 0 Å². The van der Waals surface area contributed by atoms with Crippen LogP contribution in [0.1, 0.15) is 12.5 Å². The van der Waals surface area contributed by atoms with Crippen LogP contribution in [-0.2, 0) is 17.9 Å². The summed E-state index contributed by atoms with van der Waals surface area (Å²) in [4.78, 5) is 11.5. The van der Waals surface area contributed by atoms with E-state index >= 15 is 0 Å². The number of amides is 1. The first-order valence-electron chi connectivity index (χ1n) is 6.28. The Balaban J connectivity index is 1.82. The Morgan fingerprint density at radius 2 is 1.56 bits per heavy atom. The van der Waals surface area contributed by atoms with Gasteiger partial charge >= 0.3 is 6.09 Å². The second kappa shape index (κ2) is 6.45. The van der Waals surface area contributed by atoms with Crippen LogP contribution in [0.4, 0.5) is 4.79 Å². The monoisotopic (exact) mass is 242 g/mol. The molecule has 18 heavy (non-hydrogen) atoms. The van der Waals surface area contributed by atoms with Gasteiger partial charge in [0.15, 0.2) is 0 Å². The molecule has 2 aromatic rings. The van der Waals surface area contributed by atoms with Gasteiger partial charge in [-0.3, -0.25) is 0 Å². The van der Waals surface area contributed by atoms with Gasteiger partial charge in [0.05, 0.1) is 1.37 Å². The molecule has 0 saturated heterocycles. The summed E-state index contributed by atoms with van der Waals surface area (Å²) in [6.45, 7) is -0.613. The number of hydrogen-bond donors (Lipinski definition) is 1. The minimum Gasteiger partial charge on any atom is -0.445 e. The third-order valence-corrected chi connectivity index (χ3v) is 2.37. The second-order valence-corrected chi connectivity index (χ2v) is 3.76. The van der Waals surface area contributed by atoms with Crippen LogP contribution >= 0.6 is 0 Å². The van der Waals surface area contributed by atoms with Crippen LogP contribution in [0.3, 0.4) is 0 Å². The fourth-order valence-electron chi connectivity index (χ4n) is 1.46. The van der Waals surface area contributed by atoms with Crippen molar-refractivity contribution >= 4 is 6.09 Å². The molecule has 0 saturated carbocycles. The number of carbonyl (C=O) groups excluding carboxylic acids is 1. The van der Waals surface area contributed by atoms with Gasteiger partial charge in [0.2, 0.25) is 0 Å². The Labute approximate surface area is 108 Å². The Hall–Kier alpha value is -2.29. The van der Waals surface area contributed by atoms with Gasteiger partial charge in [-0.2, -0.15) is 0 Å². The molecule has 0 spiro atoms. The Kier molecular flexibility index (Phi) is 3.88. The normalized spacial score (nSPS) is 12.3. The Bertz CT molecular complexity index is 516. The predicted molar refractivity (Wildman–Crippen MR) is 69.9 cm³/mol. The average Bonchev–Trinajstić information content (AvgIpc) is 2.47. The van der Waals surface area contributed by atoms with Gasteiger partial charge in [-0.1, -0.05) is 60.7 Å². The number of hydrogen-bond acceptors (Lipinski definition) is 2. The molecule has 0 aliphatic heterocycles. The fourth-order valence-corrected chi connectivity index (χ4v) is 1.46. The van der Waals surface area contributed by atoms with Crippen LogP contribution in [0.15, 0.2) is 60.7 Å². The summed E-state index contributed by atoms with van der Waals surface area (Å²) in [5, 5.41) is 2.47. The van der Waals surface area contributed by atoms with E-state index in [1.807, 2.05) is 48.5 Å². The van der Waals surface area contributed by atoms with Crippen molar-refractivity contribution in [1.29, 1.82) is 0 Å². The first-order chi connectivity index (χ1) is 9.25. The van der Waals surface area contributed by atoms with Crippen LogP contribution < -0.4 is 5.32 Å². The Morgan fingerprint density at radius 1 is 1.00 bits per heavy atom. The molecule has 1 atom stereocenters. The highest BCUT2D eigenvalue weighted by molar-refractivity contribution is 5.67. The van der Waals surface area contributed by atoms with Crippen LogP contribution in [0.5, 0.6) is 0 Å². The molecule has 92 valence electrons. The molecule has 1 amide bonds. The lowest BCUT2D eigenvalue weighted by atomic mass is 10.2. The third-order valence-electron chi connectivity index (χ3n) is 2.37. The first-order valence-corrected chi connectivity index (χ1v) is 5.70. The summed E-state index contributed by atoms with van der Waals surface area (Å²) in [6, 6.07) is 18.5. The molecule has 0 aliphatic carbocycles. The van der Waals surface area contributed by atoms with E-state index in [2.05, 4.69) is 5.32 Å². The van der Waals surface area contributed by atoms with Crippen molar-refractivity contribution in [2.45, 2.75) is 13.1 Å². The summed E-state index contributed by atoms with van der Waals surface area (Å²) in [5.74, 6) is 0. The number of ether oxygens (including phenoxy) is 1. The molecule has 3 heteroatoms. The third kappa shape index (κ3) is 3.94. The summed E-state index contributed by atoms with van der Waals surface area (Å²) in [5.41, 5.74) is 1.64. The zero-order chi connectivity index (χ0) is 13.5. The maximum Gasteiger partial charge on any atom is 0.407 e. The molecule has 1 N–H and O–H groups in total. The maximum atomic E-state index is 11.5. The number of alkyl carbamates (subject to hydrolysis) is 1. The average molecular weight is 242 g/mol. The number of nitrogens with one attached hydrogen (secondary N) is 1. The smallest absolute Gasteiger partial charge is 0.407 e. The van der Waals surface area contributed by atoms with E-state index in [1.54, 1.807) is 12.1 Å². The zero-order valence-corrected chi connectivity index (χ0v) is 9.87. The zero-order valence-electron chi connectivity index (χ0n) is 10.9. The van der Waals surface area contributed by atoms with Crippen molar-refractivity contribution in [3.05, 3.63) is 71.8 Å². The highest BCUT2D eigenvalue weighted by atomic mass is 16.5. The van der Waals surface area contributed by atoms with E-state index in [0.29, 0.717) is 0 Å². The number of benzene rings is 2. The number of carbonyl (C=O) groups is 1. The lowest BCUT2D eigenvalue weighted by Gasteiger charge is -2.07. The fraction of sp³-hybridized carbons (Fsp3) is 0.133. The Morgan fingerprint density at radius 3 is 2.17 bits per heavy atom. The van der Waals surface area contributed by atoms with Gasteiger partial charge in [-0.15, -0.1) is 0 Å². The van der Waals surface area contributed by atoms with Crippen molar-refractivity contribution in [1.82, 2.24) is 5.32 Å². The van der Waals surface area contributed by atoms with E-state index in [4.69, 9.17) is 6.11 Å². The molecule has 0 aromatic heterocycles. The second-order valence-electron chi connectivity index (χ2n) is 3.76. The van der Waals surface area contributed by atoms with E-state index in [9.17, 15) is 4.79 Å².